The van der Waals surface area contributed by atoms with Gasteiger partial charge in [-0.25, -0.2) is 4.39 Å². The Kier molecular flexibility index (Phi) is 3.06. The van der Waals surface area contributed by atoms with Gasteiger partial charge in [-0.05, 0) is 30.3 Å². The maximum absolute atomic E-state index is 13.8. The molecule has 3 nitrogen and oxygen atoms in total. The predicted molar refractivity (Wildman–Crippen MR) is 80.2 cm³/mol. The van der Waals surface area contributed by atoms with Crippen molar-refractivity contribution in [1.82, 2.24) is 4.98 Å². The minimum absolute atomic E-state index is 0.0196. The van der Waals surface area contributed by atoms with Gasteiger partial charge >= 0.3 is 0 Å². The summed E-state index contributed by atoms with van der Waals surface area (Å²) in [6.07, 6.45) is 1.59. The molecule has 0 saturated carbocycles. The molecule has 20 heavy (non-hydrogen) atoms. The minimum Gasteiger partial charge on any atom is -0.399 e. The molecule has 2 aromatic carbocycles. The van der Waals surface area contributed by atoms with Gasteiger partial charge in [-0.15, -0.1) is 0 Å². The van der Waals surface area contributed by atoms with Gasteiger partial charge in [0.25, 0.3) is 0 Å². The molecule has 0 aliphatic rings. The van der Waals surface area contributed by atoms with Crippen LogP contribution in [0.3, 0.4) is 0 Å². The molecule has 0 atom stereocenters. The van der Waals surface area contributed by atoms with Crippen molar-refractivity contribution in [2.75, 3.05) is 5.73 Å². The zero-order chi connectivity index (χ0) is 14.3. The molecule has 0 saturated heterocycles. The van der Waals surface area contributed by atoms with Crippen molar-refractivity contribution in [1.29, 1.82) is 0 Å². The molecule has 3 rings (SSSR count). The van der Waals surface area contributed by atoms with Gasteiger partial charge in [0.05, 0.1) is 5.56 Å². The largest absolute Gasteiger partial charge is 0.399 e. The molecular weight excluding hydrogens is 323 g/mol. The fourth-order valence-electron chi connectivity index (χ4n) is 2.15. The normalized spacial score (nSPS) is 10.9. The first-order valence-corrected chi connectivity index (χ1v) is 6.72. The van der Waals surface area contributed by atoms with Crippen molar-refractivity contribution >= 4 is 38.3 Å². The lowest BCUT2D eigenvalue weighted by atomic mass is 10.0. The number of H-pyrrole nitrogens is 1. The monoisotopic (exact) mass is 332 g/mol. The molecule has 1 aromatic heterocycles. The molecular formula is C15H10BrFN2O. The van der Waals surface area contributed by atoms with Gasteiger partial charge < -0.3 is 10.7 Å². The van der Waals surface area contributed by atoms with Gasteiger partial charge in [-0.1, -0.05) is 22.0 Å². The van der Waals surface area contributed by atoms with Gasteiger partial charge in [0, 0.05) is 32.8 Å². The molecule has 3 N–H and O–H groups in total. The Morgan fingerprint density at radius 1 is 1.15 bits per heavy atom. The highest BCUT2D eigenvalue weighted by Crippen LogP contribution is 2.25. The molecule has 0 spiro atoms. The van der Waals surface area contributed by atoms with E-state index in [0.29, 0.717) is 11.3 Å². The number of aromatic nitrogens is 1. The van der Waals surface area contributed by atoms with Crippen LogP contribution in [0.2, 0.25) is 0 Å². The highest BCUT2D eigenvalue weighted by molar-refractivity contribution is 9.10. The fourth-order valence-corrected chi connectivity index (χ4v) is 2.51. The Hall–Kier alpha value is -2.14. The lowest BCUT2D eigenvalue weighted by Crippen LogP contribution is -2.04. The van der Waals surface area contributed by atoms with E-state index in [-0.39, 0.29) is 11.3 Å². The summed E-state index contributed by atoms with van der Waals surface area (Å²) in [5.41, 5.74) is 7.20. The second-order valence-electron chi connectivity index (χ2n) is 4.46. The van der Waals surface area contributed by atoms with Crippen LogP contribution in [0.25, 0.3) is 10.9 Å². The second kappa shape index (κ2) is 4.76. The quantitative estimate of drug-likeness (QED) is 0.552. The molecule has 0 fully saturated rings. The minimum atomic E-state index is -0.573. The first-order chi connectivity index (χ1) is 9.56. The molecule has 0 bridgehead atoms. The highest BCUT2D eigenvalue weighted by atomic mass is 79.9. The van der Waals surface area contributed by atoms with Crippen LogP contribution < -0.4 is 5.73 Å². The number of aromatic amines is 1. The van der Waals surface area contributed by atoms with Crippen LogP contribution in [0, 0.1) is 5.82 Å². The van der Waals surface area contributed by atoms with E-state index in [4.69, 9.17) is 5.73 Å². The Balaban J connectivity index is 2.15. The predicted octanol–water partition coefficient (Wildman–Crippen LogP) is 3.88. The van der Waals surface area contributed by atoms with Gasteiger partial charge in [0.2, 0.25) is 0 Å². The first-order valence-electron chi connectivity index (χ1n) is 5.92. The third kappa shape index (κ3) is 2.10. The Morgan fingerprint density at radius 3 is 2.75 bits per heavy atom. The van der Waals surface area contributed by atoms with Crippen molar-refractivity contribution in [2.24, 2.45) is 0 Å². The molecule has 5 heteroatoms. The van der Waals surface area contributed by atoms with E-state index in [9.17, 15) is 9.18 Å². The molecule has 100 valence electrons. The Bertz CT molecular complexity index is 826. The summed E-state index contributed by atoms with van der Waals surface area (Å²) in [5.74, 6) is -0.959. The summed E-state index contributed by atoms with van der Waals surface area (Å²) in [7, 11) is 0. The van der Waals surface area contributed by atoms with Crippen LogP contribution in [-0.4, -0.2) is 10.8 Å². The number of nitrogen functional groups attached to an aromatic ring is 1. The number of hydrogen-bond donors (Lipinski definition) is 2. The summed E-state index contributed by atoms with van der Waals surface area (Å²) >= 11 is 3.36. The van der Waals surface area contributed by atoms with Crippen molar-refractivity contribution < 1.29 is 9.18 Å². The average molecular weight is 333 g/mol. The Morgan fingerprint density at radius 2 is 1.95 bits per heavy atom. The number of hydrogen-bond acceptors (Lipinski definition) is 2. The molecule has 0 radical (unpaired) electrons. The number of nitrogens with two attached hydrogens (primary N) is 1. The highest BCUT2D eigenvalue weighted by Gasteiger charge is 2.18. The van der Waals surface area contributed by atoms with Gasteiger partial charge in [0.15, 0.2) is 5.78 Å². The zero-order valence-electron chi connectivity index (χ0n) is 10.3. The lowest BCUT2D eigenvalue weighted by molar-refractivity contribution is 0.103. The summed E-state index contributed by atoms with van der Waals surface area (Å²) < 4.78 is 14.7. The number of nitrogens with one attached hydrogen (secondary N) is 1. The van der Waals surface area contributed by atoms with Crippen LogP contribution in [0.15, 0.2) is 47.1 Å². The number of rotatable bonds is 2. The summed E-state index contributed by atoms with van der Waals surface area (Å²) in [6, 6.07) is 9.50. The number of ketones is 1. The molecule has 3 aromatic rings. The smallest absolute Gasteiger partial charge is 0.198 e. The maximum Gasteiger partial charge on any atom is 0.198 e. The van der Waals surface area contributed by atoms with Crippen LogP contribution in [0.4, 0.5) is 10.1 Å². The van der Waals surface area contributed by atoms with Gasteiger partial charge in [0.1, 0.15) is 5.82 Å². The van der Waals surface area contributed by atoms with Crippen LogP contribution in [-0.2, 0) is 0 Å². The first kappa shape index (κ1) is 12.9. The topological polar surface area (TPSA) is 58.9 Å². The number of carbonyl (C=O) groups excluding carboxylic acids is 1. The van der Waals surface area contributed by atoms with E-state index in [1.165, 1.54) is 18.2 Å². The molecule has 0 amide bonds. The van der Waals surface area contributed by atoms with Crippen LogP contribution >= 0.6 is 15.9 Å². The summed E-state index contributed by atoms with van der Waals surface area (Å²) in [6.45, 7) is 0. The number of anilines is 1. The van der Waals surface area contributed by atoms with Crippen LogP contribution in [0.5, 0.6) is 0 Å². The van der Waals surface area contributed by atoms with E-state index >= 15 is 0 Å². The number of carbonyl (C=O) groups is 1. The van der Waals surface area contributed by atoms with E-state index in [0.717, 1.165) is 15.4 Å². The van der Waals surface area contributed by atoms with Gasteiger partial charge in [-0.2, -0.15) is 0 Å². The Labute approximate surface area is 122 Å². The molecule has 0 unspecified atom stereocenters. The van der Waals surface area contributed by atoms with E-state index in [1.807, 2.05) is 18.2 Å². The third-order valence-electron chi connectivity index (χ3n) is 3.12. The SMILES string of the molecule is Nc1ccc(F)c(C(=O)c2c[nH]c3cc(Br)ccc23)c1. The molecule has 0 aliphatic carbocycles. The summed E-state index contributed by atoms with van der Waals surface area (Å²) in [4.78, 5) is 15.5. The van der Waals surface area contributed by atoms with Gasteiger partial charge in [-0.3, -0.25) is 4.79 Å². The standard InChI is InChI=1S/C15H10BrFN2O/c16-8-1-3-10-12(7-19-14(10)5-8)15(20)11-6-9(18)2-4-13(11)17/h1-7,19H,18H2. The number of halogens is 2. The average Bonchev–Trinajstić information content (AvgIpc) is 2.83. The van der Waals surface area contributed by atoms with Crippen molar-refractivity contribution in [2.45, 2.75) is 0 Å². The van der Waals surface area contributed by atoms with Crippen molar-refractivity contribution in [3.05, 3.63) is 64.0 Å². The second-order valence-corrected chi connectivity index (χ2v) is 5.38. The number of benzene rings is 2. The zero-order valence-corrected chi connectivity index (χ0v) is 11.9. The van der Waals surface area contributed by atoms with Crippen LogP contribution in [0.1, 0.15) is 15.9 Å². The van der Waals surface area contributed by atoms with E-state index in [2.05, 4.69) is 20.9 Å². The van der Waals surface area contributed by atoms with Crippen molar-refractivity contribution in [3.8, 4) is 0 Å². The molecule has 1 heterocycles. The summed E-state index contributed by atoms with van der Waals surface area (Å²) in [5, 5.41) is 0.750. The van der Waals surface area contributed by atoms with Crippen molar-refractivity contribution in [3.63, 3.8) is 0 Å². The van der Waals surface area contributed by atoms with E-state index < -0.39 is 5.82 Å². The molecule has 0 aliphatic heterocycles. The third-order valence-corrected chi connectivity index (χ3v) is 3.62. The lowest BCUT2D eigenvalue weighted by Gasteiger charge is -2.03. The fraction of sp³-hybridized carbons (Fsp3) is 0. The number of fused-ring (bicyclic) bond motifs is 1. The van der Waals surface area contributed by atoms with E-state index in [1.54, 1.807) is 6.20 Å². The maximum atomic E-state index is 13.8.